The van der Waals surface area contributed by atoms with Crippen molar-refractivity contribution in [2.45, 2.75) is 0 Å². The molecule has 9 heteroatoms. The molecular weight excluding hydrogens is 457 g/mol. The van der Waals surface area contributed by atoms with Crippen LogP contribution in [0.5, 0.6) is 0 Å². The molecule has 3 amide bonds. The quantitative estimate of drug-likeness (QED) is 0.420. The number of nitrogens with zero attached hydrogens (tertiary/aromatic N) is 1. The molecule has 2 N–H and O–H groups in total. The molecule has 0 unspecified atom stereocenters. The largest absolute Gasteiger partial charge is 0.332 e. The van der Waals surface area contributed by atoms with Crippen molar-refractivity contribution in [3.8, 4) is 0 Å². The number of rotatable bonds is 3. The Labute approximate surface area is 192 Å². The van der Waals surface area contributed by atoms with Crippen molar-refractivity contribution in [3.05, 3.63) is 93.5 Å². The zero-order valence-electron chi connectivity index (χ0n) is 15.7. The van der Waals surface area contributed by atoms with E-state index in [9.17, 15) is 14.4 Å². The molecule has 1 aliphatic heterocycles. The SMILES string of the molecule is O=C(NC(=S)Nc1ccc(N2C(=O)c3ccccc3C2=O)cc1)c1ccc(Cl)c(Cl)c1. The Bertz CT molecular complexity index is 1210. The van der Waals surface area contributed by atoms with Gasteiger partial charge in [0.25, 0.3) is 17.7 Å². The van der Waals surface area contributed by atoms with Crippen LogP contribution in [0.15, 0.2) is 66.7 Å². The van der Waals surface area contributed by atoms with Gasteiger partial charge >= 0.3 is 0 Å². The van der Waals surface area contributed by atoms with Crippen molar-refractivity contribution in [1.82, 2.24) is 5.32 Å². The van der Waals surface area contributed by atoms with Gasteiger partial charge in [-0.1, -0.05) is 35.3 Å². The zero-order valence-corrected chi connectivity index (χ0v) is 18.0. The Morgan fingerprint density at radius 1 is 0.839 bits per heavy atom. The third kappa shape index (κ3) is 4.16. The molecule has 1 aliphatic rings. The molecule has 0 saturated carbocycles. The van der Waals surface area contributed by atoms with Crippen LogP contribution in [0.1, 0.15) is 31.1 Å². The number of carbonyl (C=O) groups excluding carboxylic acids is 3. The van der Waals surface area contributed by atoms with Crippen molar-refractivity contribution in [2.24, 2.45) is 0 Å². The maximum Gasteiger partial charge on any atom is 0.266 e. The van der Waals surface area contributed by atoms with Gasteiger partial charge in [0.15, 0.2) is 5.11 Å². The number of carbonyl (C=O) groups is 3. The standard InChI is InChI=1S/C22H13Cl2N3O3S/c23-17-10-5-12(11-18(17)24)19(28)26-22(31)25-13-6-8-14(9-7-13)27-20(29)15-3-1-2-4-16(15)21(27)30/h1-11H,(H2,25,26,28,31). The lowest BCUT2D eigenvalue weighted by Crippen LogP contribution is -2.34. The minimum Gasteiger partial charge on any atom is -0.332 e. The molecule has 0 aromatic heterocycles. The summed E-state index contributed by atoms with van der Waals surface area (Å²) < 4.78 is 0. The summed E-state index contributed by atoms with van der Waals surface area (Å²) in [6.07, 6.45) is 0. The first-order valence-electron chi connectivity index (χ1n) is 9.00. The lowest BCUT2D eigenvalue weighted by atomic mass is 10.1. The van der Waals surface area contributed by atoms with Crippen molar-refractivity contribution in [1.29, 1.82) is 0 Å². The first-order chi connectivity index (χ1) is 14.8. The molecule has 0 saturated heterocycles. The summed E-state index contributed by atoms with van der Waals surface area (Å²) in [6.45, 7) is 0. The molecule has 6 nitrogen and oxygen atoms in total. The van der Waals surface area contributed by atoms with Crippen LogP contribution in [-0.4, -0.2) is 22.8 Å². The van der Waals surface area contributed by atoms with Gasteiger partial charge in [0.2, 0.25) is 0 Å². The van der Waals surface area contributed by atoms with Crippen LogP contribution in [0, 0.1) is 0 Å². The second kappa shape index (κ2) is 8.47. The number of hydrogen-bond donors (Lipinski definition) is 2. The van der Waals surface area contributed by atoms with Gasteiger partial charge in [-0.2, -0.15) is 0 Å². The van der Waals surface area contributed by atoms with Crippen LogP contribution in [0.2, 0.25) is 10.0 Å². The first kappa shape index (κ1) is 21.0. The number of nitrogens with one attached hydrogen (secondary N) is 2. The average molecular weight is 470 g/mol. The molecule has 0 spiro atoms. The van der Waals surface area contributed by atoms with E-state index in [1.165, 1.54) is 18.2 Å². The highest BCUT2D eigenvalue weighted by Gasteiger charge is 2.36. The molecule has 31 heavy (non-hydrogen) atoms. The highest BCUT2D eigenvalue weighted by molar-refractivity contribution is 7.80. The number of fused-ring (bicyclic) bond motifs is 1. The molecule has 0 bridgehead atoms. The third-order valence-corrected chi connectivity index (χ3v) is 5.53. The fourth-order valence-electron chi connectivity index (χ4n) is 3.09. The molecule has 0 aliphatic carbocycles. The fourth-order valence-corrected chi connectivity index (χ4v) is 3.60. The van der Waals surface area contributed by atoms with Crippen LogP contribution in [0.3, 0.4) is 0 Å². The molecule has 3 aromatic rings. The molecule has 0 atom stereocenters. The summed E-state index contributed by atoms with van der Waals surface area (Å²) >= 11 is 17.0. The fraction of sp³-hybridized carbons (Fsp3) is 0. The Morgan fingerprint density at radius 3 is 2.03 bits per heavy atom. The van der Waals surface area contributed by atoms with Gasteiger partial charge < -0.3 is 5.32 Å². The number of benzene rings is 3. The van der Waals surface area contributed by atoms with E-state index in [1.54, 1.807) is 48.5 Å². The Kier molecular flexibility index (Phi) is 5.73. The van der Waals surface area contributed by atoms with Crippen LogP contribution < -0.4 is 15.5 Å². The predicted octanol–water partition coefficient (Wildman–Crippen LogP) is 4.92. The van der Waals surface area contributed by atoms with Gasteiger partial charge in [0.1, 0.15) is 0 Å². The van der Waals surface area contributed by atoms with Gasteiger partial charge in [-0.15, -0.1) is 0 Å². The van der Waals surface area contributed by atoms with E-state index in [0.29, 0.717) is 33.1 Å². The minimum absolute atomic E-state index is 0.0737. The van der Waals surface area contributed by atoms with E-state index < -0.39 is 5.91 Å². The van der Waals surface area contributed by atoms with Crippen molar-refractivity contribution in [2.75, 3.05) is 10.2 Å². The minimum atomic E-state index is -0.446. The smallest absolute Gasteiger partial charge is 0.266 e. The highest BCUT2D eigenvalue weighted by atomic mass is 35.5. The lowest BCUT2D eigenvalue weighted by Gasteiger charge is -2.15. The number of halogens is 2. The summed E-state index contributed by atoms with van der Waals surface area (Å²) in [5.41, 5.74) is 2.06. The Morgan fingerprint density at radius 2 is 1.45 bits per heavy atom. The predicted molar refractivity (Wildman–Crippen MR) is 124 cm³/mol. The van der Waals surface area contributed by atoms with E-state index in [0.717, 1.165) is 4.90 Å². The van der Waals surface area contributed by atoms with Gasteiger partial charge in [-0.05, 0) is 66.8 Å². The van der Waals surface area contributed by atoms with E-state index >= 15 is 0 Å². The summed E-state index contributed by atoms with van der Waals surface area (Å²) in [5, 5.41) is 6.11. The van der Waals surface area contributed by atoms with Gasteiger partial charge in [0, 0.05) is 11.3 Å². The summed E-state index contributed by atoms with van der Waals surface area (Å²) in [4.78, 5) is 38.6. The van der Waals surface area contributed by atoms with E-state index in [2.05, 4.69) is 10.6 Å². The van der Waals surface area contributed by atoms with Crippen LogP contribution in [0.25, 0.3) is 0 Å². The number of anilines is 2. The van der Waals surface area contributed by atoms with Crippen molar-refractivity contribution >= 4 is 69.6 Å². The maximum atomic E-state index is 12.6. The topological polar surface area (TPSA) is 78.5 Å². The zero-order chi connectivity index (χ0) is 22.1. The molecular formula is C22H13Cl2N3O3S. The first-order valence-corrected chi connectivity index (χ1v) is 10.2. The average Bonchev–Trinajstić information content (AvgIpc) is 3.01. The molecule has 3 aromatic carbocycles. The summed E-state index contributed by atoms with van der Waals surface area (Å²) in [6, 6.07) is 17.7. The highest BCUT2D eigenvalue weighted by Crippen LogP contribution is 2.29. The molecule has 4 rings (SSSR count). The second-order valence-corrected chi connectivity index (χ2v) is 7.80. The van der Waals surface area contributed by atoms with Gasteiger partial charge in [-0.25, -0.2) is 4.90 Å². The van der Waals surface area contributed by atoms with E-state index in [4.69, 9.17) is 35.4 Å². The van der Waals surface area contributed by atoms with Crippen LogP contribution >= 0.6 is 35.4 Å². The van der Waals surface area contributed by atoms with E-state index in [-0.39, 0.29) is 21.9 Å². The lowest BCUT2D eigenvalue weighted by molar-refractivity contribution is 0.0923. The number of hydrogen-bond acceptors (Lipinski definition) is 4. The van der Waals surface area contributed by atoms with Gasteiger partial charge in [0.05, 0.1) is 26.9 Å². The normalized spacial score (nSPS) is 12.5. The monoisotopic (exact) mass is 469 g/mol. The maximum absolute atomic E-state index is 12.6. The second-order valence-electron chi connectivity index (χ2n) is 6.58. The van der Waals surface area contributed by atoms with Gasteiger partial charge in [-0.3, -0.25) is 19.7 Å². The molecule has 154 valence electrons. The van der Waals surface area contributed by atoms with Crippen LogP contribution in [0.4, 0.5) is 11.4 Å². The van der Waals surface area contributed by atoms with Crippen LogP contribution in [-0.2, 0) is 0 Å². The third-order valence-electron chi connectivity index (χ3n) is 4.59. The summed E-state index contributed by atoms with van der Waals surface area (Å²) in [5.74, 6) is -1.19. The van der Waals surface area contributed by atoms with Crippen molar-refractivity contribution in [3.63, 3.8) is 0 Å². The number of amides is 3. The molecule has 1 heterocycles. The number of imide groups is 1. The Balaban J connectivity index is 1.42. The number of thiocarbonyl (C=S) groups is 1. The van der Waals surface area contributed by atoms with Crippen molar-refractivity contribution < 1.29 is 14.4 Å². The van der Waals surface area contributed by atoms with E-state index in [1.807, 2.05) is 0 Å². The molecule has 0 fully saturated rings. The molecule has 0 radical (unpaired) electrons. The summed E-state index contributed by atoms with van der Waals surface area (Å²) in [7, 11) is 0. The Hall–Kier alpha value is -3.26.